The summed E-state index contributed by atoms with van der Waals surface area (Å²) in [6.07, 6.45) is 0.493. The molecule has 7 heteroatoms. The lowest BCUT2D eigenvalue weighted by Gasteiger charge is -2.20. The number of anilines is 1. The zero-order chi connectivity index (χ0) is 22.0. The van der Waals surface area contributed by atoms with Gasteiger partial charge < -0.3 is 0 Å². The molecule has 0 saturated heterocycles. The molecule has 158 valence electrons. The molecule has 1 aliphatic heterocycles. The molecule has 1 atom stereocenters. The molecule has 0 spiro atoms. The van der Waals surface area contributed by atoms with Gasteiger partial charge >= 0.3 is 0 Å². The zero-order valence-corrected chi connectivity index (χ0v) is 18.1. The number of sulfonamides is 1. The third kappa shape index (κ3) is 4.36. The van der Waals surface area contributed by atoms with Gasteiger partial charge in [0.15, 0.2) is 0 Å². The first-order valence-corrected chi connectivity index (χ1v) is 11.4. The Balaban J connectivity index is 1.68. The maximum Gasteiger partial charge on any atom is 0.261 e. The second kappa shape index (κ2) is 8.35. The number of para-hydroxylation sites is 1. The van der Waals surface area contributed by atoms with Gasteiger partial charge in [-0.1, -0.05) is 66.2 Å². The second-order valence-corrected chi connectivity index (χ2v) is 9.19. The van der Waals surface area contributed by atoms with Crippen LogP contribution in [0.1, 0.15) is 36.1 Å². The molecule has 1 N–H and O–H groups in total. The average Bonchev–Trinajstić information content (AvgIpc) is 3.21. The molecule has 4 rings (SSSR count). The van der Waals surface area contributed by atoms with Crippen molar-refractivity contribution in [2.75, 3.05) is 4.72 Å². The summed E-state index contributed by atoms with van der Waals surface area (Å²) in [4.78, 5) is 12.5. The SMILES string of the molecule is CC(=O)N1N=C(c2ccccc2NS(=O)(=O)c2ccccc2)C[C@@H]1c1ccc(C)cc1. The molecule has 31 heavy (non-hydrogen) atoms. The van der Waals surface area contributed by atoms with Crippen molar-refractivity contribution in [2.45, 2.75) is 31.2 Å². The Hall–Kier alpha value is -3.45. The van der Waals surface area contributed by atoms with Gasteiger partial charge in [-0.15, -0.1) is 0 Å². The van der Waals surface area contributed by atoms with Gasteiger partial charge in [0, 0.05) is 18.9 Å². The highest BCUT2D eigenvalue weighted by atomic mass is 32.2. The lowest BCUT2D eigenvalue weighted by molar-refractivity contribution is -0.130. The molecule has 1 aliphatic rings. The Kier molecular flexibility index (Phi) is 5.61. The van der Waals surface area contributed by atoms with Crippen molar-refractivity contribution in [3.8, 4) is 0 Å². The predicted molar refractivity (Wildman–Crippen MR) is 121 cm³/mol. The first-order chi connectivity index (χ1) is 14.8. The molecule has 1 heterocycles. The van der Waals surface area contributed by atoms with Crippen LogP contribution in [-0.4, -0.2) is 25.0 Å². The van der Waals surface area contributed by atoms with E-state index in [9.17, 15) is 13.2 Å². The van der Waals surface area contributed by atoms with Crippen LogP contribution < -0.4 is 4.72 Å². The summed E-state index contributed by atoms with van der Waals surface area (Å²) in [5.74, 6) is -0.164. The highest BCUT2D eigenvalue weighted by Gasteiger charge is 2.32. The van der Waals surface area contributed by atoms with Crippen molar-refractivity contribution >= 4 is 27.3 Å². The number of hydrazone groups is 1. The van der Waals surface area contributed by atoms with Gasteiger partial charge in [-0.25, -0.2) is 13.4 Å². The highest BCUT2D eigenvalue weighted by molar-refractivity contribution is 7.92. The van der Waals surface area contributed by atoms with E-state index in [1.54, 1.807) is 42.5 Å². The standard InChI is InChI=1S/C24H23N3O3S/c1-17-12-14-19(15-13-17)24-16-23(25-27(24)18(2)28)21-10-6-7-11-22(21)26-31(29,30)20-8-4-3-5-9-20/h3-15,24,26H,16H2,1-2H3/t24-/m1/s1. The molecule has 1 amide bonds. The molecule has 0 aliphatic carbocycles. The highest BCUT2D eigenvalue weighted by Crippen LogP contribution is 2.35. The number of nitrogens with zero attached hydrogens (tertiary/aromatic N) is 2. The van der Waals surface area contributed by atoms with E-state index >= 15 is 0 Å². The van der Waals surface area contributed by atoms with E-state index in [0.717, 1.165) is 11.1 Å². The van der Waals surface area contributed by atoms with Crippen LogP contribution in [0.2, 0.25) is 0 Å². The van der Waals surface area contributed by atoms with Gasteiger partial charge in [0.25, 0.3) is 10.0 Å². The number of hydrogen-bond acceptors (Lipinski definition) is 4. The fourth-order valence-corrected chi connectivity index (χ4v) is 4.74. The molecule has 0 unspecified atom stereocenters. The summed E-state index contributed by atoms with van der Waals surface area (Å²) in [6, 6.07) is 23.1. The van der Waals surface area contributed by atoms with Gasteiger partial charge in [-0.2, -0.15) is 5.10 Å². The van der Waals surface area contributed by atoms with Crippen LogP contribution in [0.25, 0.3) is 0 Å². The Labute approximate surface area is 182 Å². The van der Waals surface area contributed by atoms with Crippen LogP contribution in [0.4, 0.5) is 5.69 Å². The Morgan fingerprint density at radius 1 is 0.968 bits per heavy atom. The molecule has 0 bridgehead atoms. The Bertz CT molecular complexity index is 1240. The molecule has 0 fully saturated rings. The number of nitrogens with one attached hydrogen (secondary N) is 1. The van der Waals surface area contributed by atoms with Crippen LogP contribution in [0, 0.1) is 6.92 Å². The zero-order valence-electron chi connectivity index (χ0n) is 17.3. The molecule has 6 nitrogen and oxygen atoms in total. The number of hydrogen-bond donors (Lipinski definition) is 1. The van der Waals surface area contributed by atoms with E-state index < -0.39 is 10.0 Å². The van der Waals surface area contributed by atoms with Crippen LogP contribution in [0.5, 0.6) is 0 Å². The number of benzene rings is 3. The van der Waals surface area contributed by atoms with E-state index in [1.165, 1.54) is 11.9 Å². The van der Waals surface area contributed by atoms with Crippen molar-refractivity contribution in [1.29, 1.82) is 0 Å². The minimum atomic E-state index is -3.75. The number of rotatable bonds is 5. The van der Waals surface area contributed by atoms with Crippen LogP contribution in [0.15, 0.2) is 88.9 Å². The van der Waals surface area contributed by atoms with Gasteiger partial charge in [-0.3, -0.25) is 9.52 Å². The number of aryl methyl sites for hydroxylation is 1. The summed E-state index contributed by atoms with van der Waals surface area (Å²) in [5.41, 5.74) is 3.87. The molecule has 0 saturated carbocycles. The van der Waals surface area contributed by atoms with Crippen molar-refractivity contribution in [3.05, 3.63) is 95.6 Å². The van der Waals surface area contributed by atoms with Gasteiger partial charge in [-0.05, 0) is 30.7 Å². The summed E-state index contributed by atoms with van der Waals surface area (Å²) in [7, 11) is -3.75. The minimum Gasteiger partial charge on any atom is -0.279 e. The second-order valence-electron chi connectivity index (χ2n) is 7.51. The predicted octanol–water partition coefficient (Wildman–Crippen LogP) is 4.49. The third-order valence-corrected chi connectivity index (χ3v) is 6.61. The van der Waals surface area contributed by atoms with Gasteiger partial charge in [0.2, 0.25) is 5.91 Å². The van der Waals surface area contributed by atoms with Crippen LogP contribution >= 0.6 is 0 Å². The molecule has 3 aromatic carbocycles. The summed E-state index contributed by atoms with van der Waals surface area (Å²) >= 11 is 0. The monoisotopic (exact) mass is 433 g/mol. The normalized spacial score (nSPS) is 16.1. The smallest absolute Gasteiger partial charge is 0.261 e. The Morgan fingerprint density at radius 3 is 2.29 bits per heavy atom. The molecular weight excluding hydrogens is 410 g/mol. The van der Waals surface area contributed by atoms with E-state index in [4.69, 9.17) is 0 Å². The average molecular weight is 434 g/mol. The first kappa shape index (κ1) is 20.8. The fourth-order valence-electron chi connectivity index (χ4n) is 3.64. The lowest BCUT2D eigenvalue weighted by Crippen LogP contribution is -2.24. The molecule has 0 aromatic heterocycles. The van der Waals surface area contributed by atoms with E-state index in [0.29, 0.717) is 23.4 Å². The molecular formula is C24H23N3O3S. The lowest BCUT2D eigenvalue weighted by atomic mass is 9.97. The summed E-state index contributed by atoms with van der Waals surface area (Å²) in [5, 5.41) is 6.04. The van der Waals surface area contributed by atoms with Crippen LogP contribution in [-0.2, 0) is 14.8 Å². The number of amides is 1. The summed E-state index contributed by atoms with van der Waals surface area (Å²) in [6.45, 7) is 3.50. The minimum absolute atomic E-state index is 0.164. The van der Waals surface area contributed by atoms with E-state index in [2.05, 4.69) is 9.82 Å². The summed E-state index contributed by atoms with van der Waals surface area (Å²) < 4.78 is 28.4. The first-order valence-electron chi connectivity index (χ1n) is 9.96. The van der Waals surface area contributed by atoms with Gasteiger partial charge in [0.1, 0.15) is 0 Å². The topological polar surface area (TPSA) is 78.8 Å². The van der Waals surface area contributed by atoms with E-state index in [1.807, 2.05) is 43.3 Å². The Morgan fingerprint density at radius 2 is 1.61 bits per heavy atom. The van der Waals surface area contributed by atoms with E-state index in [-0.39, 0.29) is 16.8 Å². The maximum atomic E-state index is 12.8. The van der Waals surface area contributed by atoms with Crippen molar-refractivity contribution < 1.29 is 13.2 Å². The maximum absolute atomic E-state index is 12.8. The third-order valence-electron chi connectivity index (χ3n) is 5.23. The van der Waals surface area contributed by atoms with Crippen molar-refractivity contribution in [3.63, 3.8) is 0 Å². The van der Waals surface area contributed by atoms with Crippen LogP contribution in [0.3, 0.4) is 0 Å². The van der Waals surface area contributed by atoms with Crippen molar-refractivity contribution in [2.24, 2.45) is 5.10 Å². The molecule has 0 radical (unpaired) electrons. The number of carbonyl (C=O) groups is 1. The van der Waals surface area contributed by atoms with Crippen molar-refractivity contribution in [1.82, 2.24) is 5.01 Å². The largest absolute Gasteiger partial charge is 0.279 e. The number of carbonyl (C=O) groups excluding carboxylic acids is 1. The molecule has 3 aromatic rings. The fraction of sp³-hybridized carbons (Fsp3) is 0.167. The quantitative estimate of drug-likeness (QED) is 0.644. The van der Waals surface area contributed by atoms with Gasteiger partial charge in [0.05, 0.1) is 22.3 Å².